The molecule has 3 heterocycles. The second kappa shape index (κ2) is 7.57. The van der Waals surface area contributed by atoms with Crippen molar-refractivity contribution in [3.05, 3.63) is 83.4 Å². The first kappa shape index (κ1) is 19.2. The molecule has 6 rings (SSSR count). The van der Waals surface area contributed by atoms with Crippen molar-refractivity contribution in [1.29, 1.82) is 0 Å². The highest BCUT2D eigenvalue weighted by Gasteiger charge is 2.32. The predicted octanol–water partition coefficient (Wildman–Crippen LogP) is 4.24. The minimum atomic E-state index is 0.0710. The molecule has 3 aliphatic rings. The van der Waals surface area contributed by atoms with Crippen molar-refractivity contribution in [3.8, 4) is 0 Å². The maximum Gasteiger partial charge on any atom is 0.258 e. The van der Waals surface area contributed by atoms with Crippen LogP contribution in [0.5, 0.6) is 0 Å². The van der Waals surface area contributed by atoms with Gasteiger partial charge in [-0.3, -0.25) is 4.79 Å². The van der Waals surface area contributed by atoms with Crippen LogP contribution in [0, 0.1) is 0 Å². The highest BCUT2D eigenvalue weighted by atomic mass is 16.5. The number of anilines is 4. The largest absolute Gasteiger partial charge is 0.378 e. The van der Waals surface area contributed by atoms with Gasteiger partial charge in [-0.25, -0.2) is 0 Å². The summed E-state index contributed by atoms with van der Waals surface area (Å²) in [5.41, 5.74) is 7.40. The Balaban J connectivity index is 1.26. The van der Waals surface area contributed by atoms with E-state index in [2.05, 4.69) is 70.7 Å². The summed E-state index contributed by atoms with van der Waals surface area (Å²) in [6.07, 6.45) is 0.0870. The van der Waals surface area contributed by atoms with E-state index in [-0.39, 0.29) is 12.1 Å². The lowest BCUT2D eigenvalue weighted by Crippen LogP contribution is -2.36. The number of amides is 1. The van der Waals surface area contributed by atoms with Crippen LogP contribution in [0.25, 0.3) is 0 Å². The number of rotatable bonds is 3. The van der Waals surface area contributed by atoms with Crippen molar-refractivity contribution < 1.29 is 9.53 Å². The Morgan fingerprint density at radius 3 is 2.53 bits per heavy atom. The number of carbonyl (C=O) groups is 1. The third kappa shape index (κ3) is 3.10. The molecule has 1 fully saturated rings. The zero-order valence-corrected chi connectivity index (χ0v) is 18.1. The van der Waals surface area contributed by atoms with Crippen molar-refractivity contribution in [2.45, 2.75) is 12.7 Å². The molecule has 162 valence electrons. The number of morpholine rings is 1. The number of ether oxygens (including phenoxy) is 1. The first-order chi connectivity index (χ1) is 15.7. The number of nitrogens with one attached hydrogen (secondary N) is 1. The van der Waals surface area contributed by atoms with E-state index in [1.807, 2.05) is 23.1 Å². The standard InChI is InChI=1S/C26H26N4O2/c1-28-24-16-21(8-10-23(24)27-25(28)18-5-3-2-4-6-18)30-17-19-15-20(7-9-22(19)26(30)31)29-11-13-32-14-12-29/h2-10,15-16,25,27H,11-14,17H2,1H3. The number of fused-ring (bicyclic) bond motifs is 2. The predicted molar refractivity (Wildman–Crippen MR) is 128 cm³/mol. The van der Waals surface area contributed by atoms with Crippen LogP contribution < -0.4 is 20.0 Å². The van der Waals surface area contributed by atoms with Gasteiger partial charge >= 0.3 is 0 Å². The van der Waals surface area contributed by atoms with Crippen LogP contribution >= 0.6 is 0 Å². The van der Waals surface area contributed by atoms with Gasteiger partial charge in [-0.1, -0.05) is 30.3 Å². The zero-order chi connectivity index (χ0) is 21.7. The lowest BCUT2D eigenvalue weighted by molar-refractivity contribution is 0.0996. The van der Waals surface area contributed by atoms with E-state index in [4.69, 9.17) is 4.74 Å². The fraction of sp³-hybridized carbons (Fsp3) is 0.269. The van der Waals surface area contributed by atoms with Crippen LogP contribution in [-0.4, -0.2) is 39.3 Å². The van der Waals surface area contributed by atoms with E-state index >= 15 is 0 Å². The summed E-state index contributed by atoms with van der Waals surface area (Å²) in [6, 6.07) is 22.9. The van der Waals surface area contributed by atoms with Gasteiger partial charge in [0.2, 0.25) is 0 Å². The molecule has 1 saturated heterocycles. The van der Waals surface area contributed by atoms with Crippen LogP contribution in [0.2, 0.25) is 0 Å². The van der Waals surface area contributed by atoms with Crippen LogP contribution in [0.3, 0.4) is 0 Å². The molecule has 6 nitrogen and oxygen atoms in total. The van der Waals surface area contributed by atoms with E-state index in [1.54, 1.807) is 0 Å². The molecular weight excluding hydrogens is 400 g/mol. The Labute approximate surface area is 188 Å². The summed E-state index contributed by atoms with van der Waals surface area (Å²) in [5.74, 6) is 0.0710. The maximum atomic E-state index is 13.2. The van der Waals surface area contributed by atoms with Crippen molar-refractivity contribution >= 4 is 28.7 Å². The summed E-state index contributed by atoms with van der Waals surface area (Å²) in [5, 5.41) is 3.60. The number of carbonyl (C=O) groups excluding carboxylic acids is 1. The second-order valence-corrected chi connectivity index (χ2v) is 8.60. The highest BCUT2D eigenvalue weighted by Crippen LogP contribution is 2.43. The van der Waals surface area contributed by atoms with E-state index in [1.165, 1.54) is 11.3 Å². The third-order valence-corrected chi connectivity index (χ3v) is 6.74. The number of benzene rings is 3. The Hall–Kier alpha value is -3.51. The molecule has 32 heavy (non-hydrogen) atoms. The van der Waals surface area contributed by atoms with Gasteiger partial charge in [0.05, 0.1) is 31.1 Å². The second-order valence-electron chi connectivity index (χ2n) is 8.60. The molecule has 6 heteroatoms. The smallest absolute Gasteiger partial charge is 0.258 e. The monoisotopic (exact) mass is 426 g/mol. The molecule has 1 atom stereocenters. The zero-order valence-electron chi connectivity index (χ0n) is 18.1. The van der Waals surface area contributed by atoms with Crippen molar-refractivity contribution in [3.63, 3.8) is 0 Å². The van der Waals surface area contributed by atoms with Gasteiger partial charge < -0.3 is 24.8 Å². The van der Waals surface area contributed by atoms with Gasteiger partial charge in [-0.2, -0.15) is 0 Å². The highest BCUT2D eigenvalue weighted by molar-refractivity contribution is 6.10. The Morgan fingerprint density at radius 1 is 0.938 bits per heavy atom. The van der Waals surface area contributed by atoms with Crippen LogP contribution in [-0.2, 0) is 11.3 Å². The van der Waals surface area contributed by atoms with Crippen molar-refractivity contribution in [2.75, 3.05) is 53.4 Å². The molecule has 1 unspecified atom stereocenters. The number of nitrogens with zero attached hydrogens (tertiary/aromatic N) is 3. The number of hydrogen-bond acceptors (Lipinski definition) is 5. The topological polar surface area (TPSA) is 48.1 Å². The van der Waals surface area contributed by atoms with Gasteiger partial charge in [0.25, 0.3) is 5.91 Å². The van der Waals surface area contributed by atoms with E-state index in [0.717, 1.165) is 54.5 Å². The third-order valence-electron chi connectivity index (χ3n) is 6.74. The lowest BCUT2D eigenvalue weighted by Gasteiger charge is -2.29. The number of hydrogen-bond donors (Lipinski definition) is 1. The Morgan fingerprint density at radius 2 is 1.72 bits per heavy atom. The lowest BCUT2D eigenvalue weighted by atomic mass is 10.1. The molecule has 0 radical (unpaired) electrons. The maximum absolute atomic E-state index is 13.2. The van der Waals surface area contributed by atoms with E-state index < -0.39 is 0 Å². The molecule has 0 bridgehead atoms. The normalized spacial score (nSPS) is 19.7. The molecule has 3 aromatic rings. The SMILES string of the molecule is CN1c2cc(N3Cc4cc(N5CCOCC5)ccc4C3=O)ccc2NC1c1ccccc1. The van der Waals surface area contributed by atoms with Crippen LogP contribution in [0.1, 0.15) is 27.7 Å². The summed E-state index contributed by atoms with van der Waals surface area (Å²) in [7, 11) is 2.09. The fourth-order valence-corrected chi connectivity index (χ4v) is 4.96. The molecule has 0 aliphatic carbocycles. The summed E-state index contributed by atoms with van der Waals surface area (Å²) >= 11 is 0. The molecular formula is C26H26N4O2. The van der Waals surface area contributed by atoms with Gasteiger partial charge in [0.15, 0.2) is 0 Å². The molecule has 0 saturated carbocycles. The van der Waals surface area contributed by atoms with Crippen LogP contribution in [0.4, 0.5) is 22.7 Å². The van der Waals surface area contributed by atoms with Crippen molar-refractivity contribution in [2.24, 2.45) is 0 Å². The van der Waals surface area contributed by atoms with Crippen LogP contribution in [0.15, 0.2) is 66.7 Å². The quantitative estimate of drug-likeness (QED) is 0.679. The van der Waals surface area contributed by atoms with Gasteiger partial charge in [0.1, 0.15) is 6.17 Å². The minimum absolute atomic E-state index is 0.0710. The first-order valence-corrected chi connectivity index (χ1v) is 11.1. The average Bonchev–Trinajstić information content (AvgIpc) is 3.36. The fourth-order valence-electron chi connectivity index (χ4n) is 4.96. The van der Waals surface area contributed by atoms with Crippen molar-refractivity contribution in [1.82, 2.24) is 0 Å². The van der Waals surface area contributed by atoms with E-state index in [9.17, 15) is 4.79 Å². The molecule has 3 aromatic carbocycles. The van der Waals surface area contributed by atoms with Gasteiger partial charge in [0, 0.05) is 37.1 Å². The van der Waals surface area contributed by atoms with Gasteiger partial charge in [-0.15, -0.1) is 0 Å². The van der Waals surface area contributed by atoms with Gasteiger partial charge in [-0.05, 0) is 47.5 Å². The molecule has 3 aliphatic heterocycles. The summed E-state index contributed by atoms with van der Waals surface area (Å²) in [4.78, 5) is 19.7. The molecule has 1 N–H and O–H groups in total. The average molecular weight is 427 g/mol. The Bertz CT molecular complexity index is 1170. The van der Waals surface area contributed by atoms with E-state index in [0.29, 0.717) is 6.54 Å². The summed E-state index contributed by atoms with van der Waals surface area (Å²) in [6.45, 7) is 3.89. The molecule has 1 amide bonds. The first-order valence-electron chi connectivity index (χ1n) is 11.1. The molecule has 0 spiro atoms. The Kier molecular flexibility index (Phi) is 4.54. The summed E-state index contributed by atoms with van der Waals surface area (Å²) < 4.78 is 5.47. The molecule has 0 aromatic heterocycles. The minimum Gasteiger partial charge on any atom is -0.378 e.